The van der Waals surface area contributed by atoms with Crippen LogP contribution in [-0.2, 0) is 13.1 Å². The highest BCUT2D eigenvalue weighted by atomic mass is 35.5. The van der Waals surface area contributed by atoms with Crippen molar-refractivity contribution < 1.29 is 10.0 Å². The lowest BCUT2D eigenvalue weighted by atomic mass is 10.1. The highest BCUT2D eigenvalue weighted by Gasteiger charge is 2.18. The number of aliphatic imine (C=N–C) groups is 1. The maximum atomic E-state index is 11.5. The van der Waals surface area contributed by atoms with Crippen molar-refractivity contribution in [3.8, 4) is 5.75 Å². The molecule has 0 spiro atoms. The van der Waals surface area contributed by atoms with Crippen molar-refractivity contribution in [2.24, 2.45) is 4.99 Å². The number of aryl methyl sites for hydroxylation is 2. The first-order valence-corrected chi connectivity index (χ1v) is 12.8. The number of aromatic hydroxyl groups is 1. The lowest BCUT2D eigenvalue weighted by molar-refractivity contribution is -0.384. The van der Waals surface area contributed by atoms with Crippen LogP contribution in [0.5, 0.6) is 5.75 Å². The van der Waals surface area contributed by atoms with E-state index in [1.807, 2.05) is 44.2 Å². The second-order valence-corrected chi connectivity index (χ2v) is 10.2. The van der Waals surface area contributed by atoms with Crippen molar-refractivity contribution in [1.82, 2.24) is 4.90 Å². The summed E-state index contributed by atoms with van der Waals surface area (Å²) >= 11 is 7.53. The highest BCUT2D eigenvalue weighted by Crippen LogP contribution is 2.32. The Kier molecular flexibility index (Phi) is 8.48. The average molecular weight is 532 g/mol. The third-order valence-corrected chi connectivity index (χ3v) is 6.94. The van der Waals surface area contributed by atoms with E-state index in [0.29, 0.717) is 23.9 Å². The van der Waals surface area contributed by atoms with Gasteiger partial charge >= 0.3 is 0 Å². The lowest BCUT2D eigenvalue weighted by Gasteiger charge is -2.26. The van der Waals surface area contributed by atoms with E-state index in [1.165, 1.54) is 29.5 Å². The van der Waals surface area contributed by atoms with E-state index in [1.54, 1.807) is 18.2 Å². The van der Waals surface area contributed by atoms with Gasteiger partial charge in [0.05, 0.1) is 10.6 Å². The third kappa shape index (κ3) is 7.35. The largest absolute Gasteiger partial charge is 0.508 e. The summed E-state index contributed by atoms with van der Waals surface area (Å²) in [7, 11) is 0. The first kappa shape index (κ1) is 26.3. The van der Waals surface area contributed by atoms with Crippen LogP contribution < -0.4 is 0 Å². The van der Waals surface area contributed by atoms with E-state index in [9.17, 15) is 15.2 Å². The van der Waals surface area contributed by atoms with E-state index >= 15 is 0 Å². The van der Waals surface area contributed by atoms with Crippen molar-refractivity contribution in [3.63, 3.8) is 0 Å². The summed E-state index contributed by atoms with van der Waals surface area (Å²) in [6.45, 7) is 5.08. The molecular weight excluding hydrogens is 506 g/mol. The molecule has 0 aliphatic heterocycles. The molecule has 4 aromatic carbocycles. The van der Waals surface area contributed by atoms with E-state index in [-0.39, 0.29) is 16.5 Å². The zero-order chi connectivity index (χ0) is 26.4. The molecule has 188 valence electrons. The van der Waals surface area contributed by atoms with Crippen LogP contribution in [0.15, 0.2) is 101 Å². The molecule has 0 saturated carbocycles. The maximum Gasteiger partial charge on any atom is 0.290 e. The molecule has 0 bridgehead atoms. The zero-order valence-corrected chi connectivity index (χ0v) is 22.0. The second kappa shape index (κ2) is 12.0. The molecule has 0 saturated heterocycles. The minimum absolute atomic E-state index is 0.0631. The van der Waals surface area contributed by atoms with Gasteiger partial charge < -0.3 is 10.0 Å². The Bertz CT molecular complexity index is 1440. The Balaban J connectivity index is 1.81. The first-order chi connectivity index (χ1) is 17.8. The quantitative estimate of drug-likeness (QED) is 0.0857. The van der Waals surface area contributed by atoms with Crippen LogP contribution in [0.2, 0.25) is 5.02 Å². The Labute approximate surface area is 225 Å². The molecular formula is C29H26ClN3O3S. The number of rotatable bonds is 7. The average Bonchev–Trinajstić information content (AvgIpc) is 2.85. The van der Waals surface area contributed by atoms with Crippen LogP contribution in [0.4, 0.5) is 11.4 Å². The number of nitro groups is 1. The topological polar surface area (TPSA) is 79.0 Å². The summed E-state index contributed by atoms with van der Waals surface area (Å²) in [6.07, 6.45) is 0. The number of thioether (sulfide) groups is 1. The van der Waals surface area contributed by atoms with Gasteiger partial charge in [0, 0.05) is 24.1 Å². The fraction of sp³-hybridized carbons (Fsp3) is 0.138. The summed E-state index contributed by atoms with van der Waals surface area (Å²) in [5, 5.41) is 22.3. The van der Waals surface area contributed by atoms with E-state index in [4.69, 9.17) is 16.6 Å². The molecule has 0 fully saturated rings. The normalized spacial score (nSPS) is 11.4. The minimum Gasteiger partial charge on any atom is -0.508 e. The zero-order valence-electron chi connectivity index (χ0n) is 20.5. The van der Waals surface area contributed by atoms with Crippen LogP contribution in [-0.4, -0.2) is 20.1 Å². The summed E-state index contributed by atoms with van der Waals surface area (Å²) in [4.78, 5) is 19.0. The number of amidine groups is 1. The summed E-state index contributed by atoms with van der Waals surface area (Å²) < 4.78 is 0. The van der Waals surface area contributed by atoms with Gasteiger partial charge in [0.25, 0.3) is 5.69 Å². The second-order valence-electron chi connectivity index (χ2n) is 8.72. The van der Waals surface area contributed by atoms with Gasteiger partial charge in [0.2, 0.25) is 0 Å². The van der Waals surface area contributed by atoms with Crippen molar-refractivity contribution in [1.29, 1.82) is 0 Å². The maximum absolute atomic E-state index is 11.5. The molecule has 0 heterocycles. The number of hydrogen-bond donors (Lipinski definition) is 1. The number of phenolic OH excluding ortho intramolecular Hbond substituents is 1. The molecule has 37 heavy (non-hydrogen) atoms. The number of benzene rings is 4. The van der Waals surface area contributed by atoms with Gasteiger partial charge in [0.15, 0.2) is 5.17 Å². The van der Waals surface area contributed by atoms with Gasteiger partial charge in [-0.05, 0) is 61.4 Å². The number of nitro benzene ring substituents is 1. The Hall–Kier alpha value is -3.81. The summed E-state index contributed by atoms with van der Waals surface area (Å²) in [6, 6.07) is 28.0. The Morgan fingerprint density at radius 2 is 1.65 bits per heavy atom. The summed E-state index contributed by atoms with van der Waals surface area (Å²) in [5.74, 6) is 0.186. The van der Waals surface area contributed by atoms with Crippen LogP contribution in [0.3, 0.4) is 0 Å². The fourth-order valence-corrected chi connectivity index (χ4v) is 4.94. The van der Waals surface area contributed by atoms with Crippen LogP contribution in [0.25, 0.3) is 0 Å². The van der Waals surface area contributed by atoms with Gasteiger partial charge in [-0.15, -0.1) is 0 Å². The van der Waals surface area contributed by atoms with Gasteiger partial charge in [-0.25, -0.2) is 4.99 Å². The van der Waals surface area contributed by atoms with Gasteiger partial charge in [0.1, 0.15) is 10.8 Å². The minimum atomic E-state index is -0.508. The highest BCUT2D eigenvalue weighted by molar-refractivity contribution is 8.13. The molecule has 0 amide bonds. The monoisotopic (exact) mass is 531 g/mol. The van der Waals surface area contributed by atoms with Crippen molar-refractivity contribution in [3.05, 3.63) is 128 Å². The molecule has 4 aromatic rings. The Morgan fingerprint density at radius 3 is 2.35 bits per heavy atom. The van der Waals surface area contributed by atoms with Crippen LogP contribution in [0.1, 0.15) is 22.3 Å². The molecule has 0 aliphatic rings. The van der Waals surface area contributed by atoms with Gasteiger partial charge in [-0.3, -0.25) is 10.1 Å². The number of halogens is 1. The van der Waals surface area contributed by atoms with Crippen LogP contribution in [0, 0.1) is 24.0 Å². The molecule has 6 nitrogen and oxygen atoms in total. The van der Waals surface area contributed by atoms with Gasteiger partial charge in [-0.1, -0.05) is 83.0 Å². The smallest absolute Gasteiger partial charge is 0.290 e. The molecule has 8 heteroatoms. The van der Waals surface area contributed by atoms with Crippen molar-refractivity contribution >= 4 is 39.9 Å². The van der Waals surface area contributed by atoms with E-state index in [0.717, 1.165) is 21.6 Å². The van der Waals surface area contributed by atoms with Crippen molar-refractivity contribution in [2.45, 2.75) is 31.8 Å². The van der Waals surface area contributed by atoms with Gasteiger partial charge in [-0.2, -0.15) is 0 Å². The van der Waals surface area contributed by atoms with Crippen molar-refractivity contribution in [2.75, 3.05) is 0 Å². The molecule has 0 unspecified atom stereocenters. The lowest BCUT2D eigenvalue weighted by Crippen LogP contribution is -2.28. The number of phenols is 1. The van der Waals surface area contributed by atoms with Crippen LogP contribution >= 0.6 is 23.4 Å². The molecule has 4 rings (SSSR count). The molecule has 1 N–H and O–H groups in total. The fourth-order valence-electron chi connectivity index (χ4n) is 3.74. The standard InChI is InChI=1S/C29H26ClN3O3S/c1-20-9-11-22(12-10-20)18-32(19-23-6-4-7-25(34)16-23)29(37-26-8-3-5-21(2)15-26)31-24-13-14-27(30)28(17-24)33(35)36/h3-17,34H,18-19H2,1-2H3. The van der Waals surface area contributed by atoms with E-state index < -0.39 is 4.92 Å². The third-order valence-electron chi connectivity index (χ3n) is 5.60. The predicted molar refractivity (Wildman–Crippen MR) is 151 cm³/mol. The molecule has 0 radical (unpaired) electrons. The SMILES string of the molecule is Cc1ccc(CN(Cc2cccc(O)c2)C(=Nc2ccc(Cl)c([N+](=O)[O-])c2)Sc2cccc(C)c2)cc1. The van der Waals surface area contributed by atoms with E-state index in [2.05, 4.69) is 35.2 Å². The summed E-state index contributed by atoms with van der Waals surface area (Å²) in [5.41, 5.74) is 4.51. The molecule has 0 aliphatic carbocycles. The number of hydrogen-bond acceptors (Lipinski definition) is 5. The molecule has 0 aromatic heterocycles. The first-order valence-electron chi connectivity index (χ1n) is 11.6. The predicted octanol–water partition coefficient (Wildman–Crippen LogP) is 8.05. The number of nitrogens with zero attached hydrogens (tertiary/aromatic N) is 3. The molecule has 0 atom stereocenters. The Morgan fingerprint density at radius 1 is 0.919 bits per heavy atom.